The molecule has 0 aliphatic carbocycles. The van der Waals surface area contributed by atoms with Gasteiger partial charge in [0.2, 0.25) is 0 Å². The van der Waals surface area contributed by atoms with Crippen molar-refractivity contribution in [2.75, 3.05) is 0 Å². The molecule has 0 saturated heterocycles. The first-order valence-electron chi connectivity index (χ1n) is 11.9. The van der Waals surface area contributed by atoms with E-state index in [0.29, 0.717) is 6.61 Å². The van der Waals surface area contributed by atoms with E-state index in [9.17, 15) is 0 Å². The zero-order valence-electron chi connectivity index (χ0n) is 18.9. The minimum Gasteiger partial charge on any atom is -0.486 e. The molecule has 0 aliphatic rings. The molecule has 3 nitrogen and oxygen atoms in total. The molecule has 0 aliphatic heterocycles. The molecular formula is C27H38N2O. The lowest BCUT2D eigenvalue weighted by Gasteiger charge is -2.11. The van der Waals surface area contributed by atoms with E-state index < -0.39 is 0 Å². The van der Waals surface area contributed by atoms with Gasteiger partial charge in [0.1, 0.15) is 18.2 Å². The Bertz CT molecular complexity index is 866. The fourth-order valence-electron chi connectivity index (χ4n) is 4.02. The Morgan fingerprint density at radius 3 is 2.10 bits per heavy atom. The van der Waals surface area contributed by atoms with E-state index in [0.717, 1.165) is 23.6 Å². The van der Waals surface area contributed by atoms with Gasteiger partial charge in [-0.15, -0.1) is 0 Å². The number of aromatic nitrogens is 2. The van der Waals surface area contributed by atoms with Crippen LogP contribution in [0, 0.1) is 6.92 Å². The zero-order valence-corrected chi connectivity index (χ0v) is 18.9. The van der Waals surface area contributed by atoms with Gasteiger partial charge in [0, 0.05) is 6.54 Å². The van der Waals surface area contributed by atoms with Crippen LogP contribution in [0.15, 0.2) is 48.5 Å². The Kier molecular flexibility index (Phi) is 9.27. The van der Waals surface area contributed by atoms with Gasteiger partial charge in [-0.05, 0) is 37.6 Å². The summed E-state index contributed by atoms with van der Waals surface area (Å²) in [6, 6.07) is 16.7. The number of hydrogen-bond acceptors (Lipinski definition) is 2. The number of ether oxygens (including phenoxy) is 1. The Hall–Kier alpha value is -2.29. The number of hydrogen-bond donors (Lipinski definition) is 0. The molecule has 0 atom stereocenters. The van der Waals surface area contributed by atoms with E-state index in [1.807, 2.05) is 12.1 Å². The summed E-state index contributed by atoms with van der Waals surface area (Å²) in [5.74, 6) is 1.92. The molecular weight excluding hydrogens is 368 g/mol. The fourth-order valence-corrected chi connectivity index (χ4v) is 4.02. The van der Waals surface area contributed by atoms with Gasteiger partial charge in [0.05, 0.1) is 11.0 Å². The van der Waals surface area contributed by atoms with E-state index in [2.05, 4.69) is 54.8 Å². The maximum Gasteiger partial charge on any atom is 0.147 e. The number of unbranched alkanes of at least 4 members (excludes halogenated alkanes) is 9. The van der Waals surface area contributed by atoms with Gasteiger partial charge in [-0.3, -0.25) is 0 Å². The van der Waals surface area contributed by atoms with Crippen molar-refractivity contribution in [3.63, 3.8) is 0 Å². The van der Waals surface area contributed by atoms with Crippen LogP contribution in [0.5, 0.6) is 5.75 Å². The first-order valence-corrected chi connectivity index (χ1v) is 11.9. The van der Waals surface area contributed by atoms with Crippen LogP contribution >= 0.6 is 0 Å². The number of nitrogens with zero attached hydrogens (tertiary/aromatic N) is 2. The first kappa shape index (κ1) is 22.4. The average Bonchev–Trinajstić information content (AvgIpc) is 3.12. The predicted octanol–water partition coefficient (Wildman–Crippen LogP) is 7.84. The molecule has 3 heteroatoms. The van der Waals surface area contributed by atoms with E-state index in [4.69, 9.17) is 9.72 Å². The zero-order chi connectivity index (χ0) is 21.0. The van der Waals surface area contributed by atoms with Crippen LogP contribution in [-0.4, -0.2) is 9.55 Å². The van der Waals surface area contributed by atoms with E-state index in [1.165, 1.54) is 75.3 Å². The lowest BCUT2D eigenvalue weighted by Crippen LogP contribution is -2.07. The van der Waals surface area contributed by atoms with E-state index in [-0.39, 0.29) is 0 Å². The molecule has 0 N–H and O–H groups in total. The van der Waals surface area contributed by atoms with Crippen molar-refractivity contribution in [2.24, 2.45) is 0 Å². The molecule has 3 rings (SSSR count). The van der Waals surface area contributed by atoms with Crippen molar-refractivity contribution < 1.29 is 4.74 Å². The molecule has 0 unspecified atom stereocenters. The summed E-state index contributed by atoms with van der Waals surface area (Å²) in [5.41, 5.74) is 3.53. The first-order chi connectivity index (χ1) is 14.8. The number of imidazole rings is 1. The van der Waals surface area contributed by atoms with Gasteiger partial charge in [0.15, 0.2) is 0 Å². The lowest BCUT2D eigenvalue weighted by atomic mass is 10.1. The highest BCUT2D eigenvalue weighted by molar-refractivity contribution is 5.75. The summed E-state index contributed by atoms with van der Waals surface area (Å²) in [4.78, 5) is 4.85. The number of rotatable bonds is 14. The summed E-state index contributed by atoms with van der Waals surface area (Å²) in [7, 11) is 0. The van der Waals surface area contributed by atoms with Crippen molar-refractivity contribution in [1.82, 2.24) is 9.55 Å². The van der Waals surface area contributed by atoms with Gasteiger partial charge in [-0.25, -0.2) is 4.98 Å². The molecule has 0 bridgehead atoms. The monoisotopic (exact) mass is 406 g/mol. The molecule has 30 heavy (non-hydrogen) atoms. The molecule has 1 aromatic heterocycles. The topological polar surface area (TPSA) is 27.1 Å². The smallest absolute Gasteiger partial charge is 0.147 e. The van der Waals surface area contributed by atoms with Crippen LogP contribution in [0.3, 0.4) is 0 Å². The average molecular weight is 407 g/mol. The molecule has 0 spiro atoms. The van der Waals surface area contributed by atoms with Crippen molar-refractivity contribution in [3.8, 4) is 5.75 Å². The molecule has 3 aromatic rings. The normalized spacial score (nSPS) is 11.3. The third-order valence-electron chi connectivity index (χ3n) is 5.86. The van der Waals surface area contributed by atoms with Crippen LogP contribution in [0.2, 0.25) is 0 Å². The summed E-state index contributed by atoms with van der Waals surface area (Å²) in [6.07, 6.45) is 13.6. The van der Waals surface area contributed by atoms with Gasteiger partial charge in [-0.1, -0.05) is 94.5 Å². The maximum absolute atomic E-state index is 6.03. The SMILES string of the molecule is CCCCCCCCCCCCn1c(COc2ccc(C)cc2)nc2ccccc21. The maximum atomic E-state index is 6.03. The third-order valence-corrected chi connectivity index (χ3v) is 5.86. The Labute approximate surface area is 182 Å². The van der Waals surface area contributed by atoms with Gasteiger partial charge in [0.25, 0.3) is 0 Å². The van der Waals surface area contributed by atoms with Crippen molar-refractivity contribution in [2.45, 2.75) is 91.2 Å². The van der Waals surface area contributed by atoms with Crippen LogP contribution in [0.1, 0.15) is 82.5 Å². The Morgan fingerprint density at radius 1 is 0.767 bits per heavy atom. The molecule has 1 heterocycles. The molecule has 0 saturated carbocycles. The largest absolute Gasteiger partial charge is 0.486 e. The molecule has 0 amide bonds. The minimum atomic E-state index is 0.509. The van der Waals surface area contributed by atoms with Gasteiger partial charge >= 0.3 is 0 Å². The summed E-state index contributed by atoms with van der Waals surface area (Å²) in [6.45, 7) is 5.90. The second-order valence-corrected chi connectivity index (χ2v) is 8.45. The minimum absolute atomic E-state index is 0.509. The Morgan fingerprint density at radius 2 is 1.40 bits per heavy atom. The standard InChI is InChI=1S/C27H38N2O/c1-3-4-5-6-7-8-9-10-11-14-21-29-26-16-13-12-15-25(26)28-27(29)22-30-24-19-17-23(2)18-20-24/h12-13,15-20H,3-11,14,21-22H2,1-2H3. The van der Waals surface area contributed by atoms with Crippen molar-refractivity contribution in [1.29, 1.82) is 0 Å². The fraction of sp³-hybridized carbons (Fsp3) is 0.519. The second-order valence-electron chi connectivity index (χ2n) is 8.45. The van der Waals surface area contributed by atoms with E-state index >= 15 is 0 Å². The van der Waals surface area contributed by atoms with Crippen molar-refractivity contribution in [3.05, 3.63) is 59.9 Å². The summed E-state index contributed by atoms with van der Waals surface area (Å²) in [5, 5.41) is 0. The van der Waals surface area contributed by atoms with Crippen LogP contribution < -0.4 is 4.74 Å². The quantitative estimate of drug-likeness (QED) is 0.255. The molecule has 162 valence electrons. The summed E-state index contributed by atoms with van der Waals surface area (Å²) < 4.78 is 8.39. The van der Waals surface area contributed by atoms with Gasteiger partial charge in [-0.2, -0.15) is 0 Å². The summed E-state index contributed by atoms with van der Waals surface area (Å²) >= 11 is 0. The van der Waals surface area contributed by atoms with Crippen molar-refractivity contribution >= 4 is 11.0 Å². The highest BCUT2D eigenvalue weighted by Crippen LogP contribution is 2.20. The molecule has 0 radical (unpaired) electrons. The van der Waals surface area contributed by atoms with Crippen LogP contribution in [-0.2, 0) is 13.2 Å². The molecule has 0 fully saturated rings. The molecule has 2 aromatic carbocycles. The number of benzene rings is 2. The number of aryl methyl sites for hydroxylation is 2. The Balaban J connectivity index is 1.48. The van der Waals surface area contributed by atoms with E-state index in [1.54, 1.807) is 0 Å². The van der Waals surface area contributed by atoms with Crippen LogP contribution in [0.4, 0.5) is 0 Å². The number of fused-ring (bicyclic) bond motifs is 1. The number of para-hydroxylation sites is 2. The third kappa shape index (κ3) is 6.90. The lowest BCUT2D eigenvalue weighted by molar-refractivity contribution is 0.289. The highest BCUT2D eigenvalue weighted by atomic mass is 16.5. The van der Waals surface area contributed by atoms with Crippen LogP contribution in [0.25, 0.3) is 11.0 Å². The second kappa shape index (κ2) is 12.4. The van der Waals surface area contributed by atoms with Gasteiger partial charge < -0.3 is 9.30 Å². The highest BCUT2D eigenvalue weighted by Gasteiger charge is 2.11. The predicted molar refractivity (Wildman–Crippen MR) is 127 cm³/mol.